The number of aldehydes is 1. The molecule has 6 heteroatoms. The summed E-state index contributed by atoms with van der Waals surface area (Å²) in [6.45, 7) is 2.05. The Morgan fingerprint density at radius 3 is 2.70 bits per heavy atom. The molecule has 0 aliphatic heterocycles. The average molecular weight is 290 g/mol. The van der Waals surface area contributed by atoms with E-state index in [-0.39, 0.29) is 17.3 Å². The number of hydrogen-bond donors (Lipinski definition) is 0. The van der Waals surface area contributed by atoms with E-state index in [2.05, 4.69) is 0 Å². The number of nitrogens with zero attached hydrogens (tertiary/aromatic N) is 2. The topological polar surface area (TPSA) is 63.4 Å². The van der Waals surface area contributed by atoms with Crippen LogP contribution in [-0.2, 0) is 0 Å². The van der Waals surface area contributed by atoms with Gasteiger partial charge in [0.2, 0.25) is 0 Å². The number of carbonyl (C=O) groups excluding carboxylic acids is 1. The van der Waals surface area contributed by atoms with Crippen LogP contribution < -0.4 is 4.90 Å². The second-order valence-electron chi connectivity index (χ2n) is 4.42. The lowest BCUT2D eigenvalue weighted by Crippen LogP contribution is -2.21. The summed E-state index contributed by atoms with van der Waals surface area (Å²) in [5, 5.41) is 12.8. The third kappa shape index (κ3) is 2.70. The lowest BCUT2D eigenvalue weighted by Gasteiger charge is -2.26. The Morgan fingerprint density at radius 2 is 2.15 bits per heavy atom. The SMILES string of the molecule is CC(c1cccs1)N(C)c1ccc([N+](=O)[O-])c(C=O)c1. The molecule has 20 heavy (non-hydrogen) atoms. The Bertz CT molecular complexity index is 625. The van der Waals surface area contributed by atoms with Crippen LogP contribution in [0.15, 0.2) is 35.7 Å². The summed E-state index contributed by atoms with van der Waals surface area (Å²) < 4.78 is 0. The van der Waals surface area contributed by atoms with Crippen molar-refractivity contribution >= 4 is 29.0 Å². The lowest BCUT2D eigenvalue weighted by molar-refractivity contribution is -0.385. The first-order valence-corrected chi connectivity index (χ1v) is 6.92. The van der Waals surface area contributed by atoms with E-state index in [0.717, 1.165) is 5.69 Å². The van der Waals surface area contributed by atoms with Crippen molar-refractivity contribution in [2.45, 2.75) is 13.0 Å². The van der Waals surface area contributed by atoms with Crippen LogP contribution in [-0.4, -0.2) is 18.3 Å². The van der Waals surface area contributed by atoms with E-state index >= 15 is 0 Å². The van der Waals surface area contributed by atoms with E-state index in [1.54, 1.807) is 23.5 Å². The highest BCUT2D eigenvalue weighted by Gasteiger charge is 2.18. The zero-order chi connectivity index (χ0) is 14.7. The molecule has 1 aromatic heterocycles. The van der Waals surface area contributed by atoms with E-state index in [0.29, 0.717) is 6.29 Å². The fourth-order valence-corrected chi connectivity index (χ4v) is 2.79. The maximum Gasteiger partial charge on any atom is 0.280 e. The first kappa shape index (κ1) is 14.2. The summed E-state index contributed by atoms with van der Waals surface area (Å²) in [5.41, 5.74) is 0.706. The summed E-state index contributed by atoms with van der Waals surface area (Å²) in [7, 11) is 1.90. The summed E-state index contributed by atoms with van der Waals surface area (Å²) in [5.74, 6) is 0. The minimum Gasteiger partial charge on any atom is -0.367 e. The van der Waals surface area contributed by atoms with E-state index in [9.17, 15) is 14.9 Å². The molecule has 0 saturated carbocycles. The van der Waals surface area contributed by atoms with Gasteiger partial charge in [0.25, 0.3) is 5.69 Å². The summed E-state index contributed by atoms with van der Waals surface area (Å²) in [4.78, 5) is 24.4. The maximum absolute atomic E-state index is 11.0. The van der Waals surface area contributed by atoms with Gasteiger partial charge in [0.1, 0.15) is 0 Å². The smallest absolute Gasteiger partial charge is 0.280 e. The molecule has 0 spiro atoms. The van der Waals surface area contributed by atoms with Crippen molar-refractivity contribution < 1.29 is 9.72 Å². The van der Waals surface area contributed by atoms with Gasteiger partial charge in [-0.1, -0.05) is 6.07 Å². The van der Waals surface area contributed by atoms with Gasteiger partial charge in [-0.25, -0.2) is 0 Å². The quantitative estimate of drug-likeness (QED) is 0.479. The summed E-state index contributed by atoms with van der Waals surface area (Å²) >= 11 is 1.65. The molecular weight excluding hydrogens is 276 g/mol. The van der Waals surface area contributed by atoms with Gasteiger partial charge in [0.05, 0.1) is 16.5 Å². The van der Waals surface area contributed by atoms with E-state index in [4.69, 9.17) is 0 Å². The number of rotatable bonds is 5. The normalized spacial score (nSPS) is 11.9. The van der Waals surface area contributed by atoms with Gasteiger partial charge in [-0.15, -0.1) is 11.3 Å². The Hall–Kier alpha value is -2.21. The predicted molar refractivity (Wildman–Crippen MR) is 79.6 cm³/mol. The van der Waals surface area contributed by atoms with Crippen LogP contribution in [0.1, 0.15) is 28.2 Å². The number of carbonyl (C=O) groups is 1. The minimum atomic E-state index is -0.545. The van der Waals surface area contributed by atoms with Gasteiger partial charge in [0, 0.05) is 23.7 Å². The van der Waals surface area contributed by atoms with Gasteiger partial charge in [0.15, 0.2) is 6.29 Å². The number of nitro benzene ring substituents is 1. The third-order valence-electron chi connectivity index (χ3n) is 3.28. The first-order valence-electron chi connectivity index (χ1n) is 6.04. The average Bonchev–Trinajstić information content (AvgIpc) is 2.99. The van der Waals surface area contributed by atoms with Crippen LogP contribution in [0.2, 0.25) is 0 Å². The summed E-state index contributed by atoms with van der Waals surface area (Å²) in [6.07, 6.45) is 0.519. The number of anilines is 1. The Labute approximate surface area is 120 Å². The third-order valence-corrected chi connectivity index (χ3v) is 4.32. The number of nitro groups is 1. The molecule has 1 aromatic carbocycles. The molecule has 0 fully saturated rings. The highest BCUT2D eigenvalue weighted by Crippen LogP contribution is 2.30. The zero-order valence-corrected chi connectivity index (χ0v) is 12.0. The second-order valence-corrected chi connectivity index (χ2v) is 5.40. The van der Waals surface area contributed by atoms with Gasteiger partial charge >= 0.3 is 0 Å². The molecule has 0 aliphatic rings. The Balaban J connectivity index is 2.33. The highest BCUT2D eigenvalue weighted by molar-refractivity contribution is 7.10. The fraction of sp³-hybridized carbons (Fsp3) is 0.214. The zero-order valence-electron chi connectivity index (χ0n) is 11.1. The van der Waals surface area contributed by atoms with Crippen LogP contribution in [0.25, 0.3) is 0 Å². The molecule has 1 unspecified atom stereocenters. The van der Waals surface area contributed by atoms with E-state index in [1.807, 2.05) is 36.4 Å². The molecule has 0 N–H and O–H groups in total. The second kappa shape index (κ2) is 5.83. The van der Waals surface area contributed by atoms with Gasteiger partial charge < -0.3 is 4.90 Å². The number of benzene rings is 1. The first-order chi connectivity index (χ1) is 9.54. The maximum atomic E-state index is 11.0. The molecule has 0 saturated heterocycles. The Morgan fingerprint density at radius 1 is 1.40 bits per heavy atom. The molecule has 0 radical (unpaired) electrons. The molecule has 5 nitrogen and oxygen atoms in total. The van der Waals surface area contributed by atoms with E-state index in [1.165, 1.54) is 10.9 Å². The van der Waals surface area contributed by atoms with Crippen LogP contribution in [0.5, 0.6) is 0 Å². The van der Waals surface area contributed by atoms with Crippen molar-refractivity contribution in [3.8, 4) is 0 Å². The molecular formula is C14H14N2O3S. The molecule has 0 bridgehead atoms. The standard InChI is InChI=1S/C14H14N2O3S/c1-10(14-4-3-7-20-14)15(2)12-5-6-13(16(18)19)11(8-12)9-17/h3-10H,1-2H3. The highest BCUT2D eigenvalue weighted by atomic mass is 32.1. The van der Waals surface area contributed by atoms with Gasteiger partial charge in [-0.05, 0) is 30.5 Å². The van der Waals surface area contributed by atoms with Crippen LogP contribution >= 0.6 is 11.3 Å². The largest absolute Gasteiger partial charge is 0.367 e. The molecule has 0 amide bonds. The predicted octanol–water partition coefficient (Wildman–Crippen LogP) is 3.67. The molecule has 2 rings (SSSR count). The van der Waals surface area contributed by atoms with Gasteiger partial charge in [-0.3, -0.25) is 14.9 Å². The van der Waals surface area contributed by atoms with Crippen molar-refractivity contribution in [3.05, 3.63) is 56.3 Å². The van der Waals surface area contributed by atoms with Crippen molar-refractivity contribution in [3.63, 3.8) is 0 Å². The van der Waals surface area contributed by atoms with E-state index < -0.39 is 4.92 Å². The van der Waals surface area contributed by atoms with Crippen molar-refractivity contribution in [1.82, 2.24) is 0 Å². The monoisotopic (exact) mass is 290 g/mol. The number of hydrogen-bond acceptors (Lipinski definition) is 5. The Kier molecular flexibility index (Phi) is 4.14. The summed E-state index contributed by atoms with van der Waals surface area (Å²) in [6, 6.07) is 8.74. The lowest BCUT2D eigenvalue weighted by atomic mass is 10.1. The molecule has 2 aromatic rings. The van der Waals surface area contributed by atoms with Gasteiger partial charge in [-0.2, -0.15) is 0 Å². The van der Waals surface area contributed by atoms with Crippen molar-refractivity contribution in [1.29, 1.82) is 0 Å². The molecule has 0 aliphatic carbocycles. The van der Waals surface area contributed by atoms with Crippen LogP contribution in [0.3, 0.4) is 0 Å². The van der Waals surface area contributed by atoms with Crippen molar-refractivity contribution in [2.75, 3.05) is 11.9 Å². The van der Waals surface area contributed by atoms with Crippen LogP contribution in [0, 0.1) is 10.1 Å². The fourth-order valence-electron chi connectivity index (χ4n) is 1.97. The van der Waals surface area contributed by atoms with Crippen molar-refractivity contribution in [2.24, 2.45) is 0 Å². The minimum absolute atomic E-state index is 0.0951. The molecule has 1 atom stereocenters. The number of thiophene rings is 1. The van der Waals surface area contributed by atoms with Crippen LogP contribution in [0.4, 0.5) is 11.4 Å². The molecule has 104 valence electrons. The molecule has 1 heterocycles.